The van der Waals surface area contributed by atoms with Gasteiger partial charge in [0.2, 0.25) is 0 Å². The van der Waals surface area contributed by atoms with Crippen LogP contribution < -0.4 is 5.32 Å². The molecule has 0 spiro atoms. The summed E-state index contributed by atoms with van der Waals surface area (Å²) in [5.74, 6) is -0.733. The van der Waals surface area contributed by atoms with Gasteiger partial charge in [0.15, 0.2) is 0 Å². The van der Waals surface area contributed by atoms with Crippen LogP contribution in [0.15, 0.2) is 0 Å². The van der Waals surface area contributed by atoms with Crippen molar-refractivity contribution in [3.8, 4) is 0 Å². The van der Waals surface area contributed by atoms with Gasteiger partial charge in [-0.3, -0.25) is 4.79 Å². The summed E-state index contributed by atoms with van der Waals surface area (Å²) in [4.78, 5) is 13.7. The molecule has 100 valence electrons. The minimum atomic E-state index is -0.770. The zero-order valence-electron chi connectivity index (χ0n) is 11.2. The van der Waals surface area contributed by atoms with Crippen LogP contribution in [-0.4, -0.2) is 47.7 Å². The van der Waals surface area contributed by atoms with E-state index in [-0.39, 0.29) is 0 Å². The SMILES string of the molecule is CCCNC(C)(CCN1CCCCC1)C(=O)O. The molecule has 0 aromatic heterocycles. The Morgan fingerprint density at radius 1 is 1.35 bits per heavy atom. The minimum absolute atomic E-state index is 0.683. The lowest BCUT2D eigenvalue weighted by molar-refractivity contribution is -0.144. The highest BCUT2D eigenvalue weighted by molar-refractivity contribution is 5.78. The summed E-state index contributed by atoms with van der Waals surface area (Å²) in [7, 11) is 0. The Morgan fingerprint density at radius 2 is 2.00 bits per heavy atom. The molecule has 0 aromatic rings. The molecule has 0 aliphatic carbocycles. The molecule has 0 aromatic carbocycles. The van der Waals surface area contributed by atoms with E-state index >= 15 is 0 Å². The van der Waals surface area contributed by atoms with Crippen LogP contribution in [-0.2, 0) is 4.79 Å². The van der Waals surface area contributed by atoms with E-state index in [1.165, 1.54) is 19.3 Å². The van der Waals surface area contributed by atoms with Crippen LogP contribution in [0.3, 0.4) is 0 Å². The van der Waals surface area contributed by atoms with Crippen LogP contribution in [0.25, 0.3) is 0 Å². The van der Waals surface area contributed by atoms with Crippen LogP contribution in [0.5, 0.6) is 0 Å². The van der Waals surface area contributed by atoms with Crippen molar-refractivity contribution in [2.24, 2.45) is 0 Å². The number of carbonyl (C=O) groups is 1. The average Bonchev–Trinajstić information content (AvgIpc) is 2.35. The molecule has 1 heterocycles. The summed E-state index contributed by atoms with van der Waals surface area (Å²) in [5, 5.41) is 12.5. The molecule has 0 amide bonds. The topological polar surface area (TPSA) is 52.6 Å². The third-order valence-corrected chi connectivity index (χ3v) is 3.61. The Balaban J connectivity index is 2.39. The predicted octanol–water partition coefficient (Wildman–Crippen LogP) is 1.71. The van der Waals surface area contributed by atoms with Crippen molar-refractivity contribution in [2.75, 3.05) is 26.2 Å². The Hall–Kier alpha value is -0.610. The van der Waals surface area contributed by atoms with E-state index in [1.807, 2.05) is 0 Å². The molecule has 17 heavy (non-hydrogen) atoms. The van der Waals surface area contributed by atoms with Crippen molar-refractivity contribution in [1.82, 2.24) is 10.2 Å². The molecule has 1 aliphatic heterocycles. The van der Waals surface area contributed by atoms with Gasteiger partial charge in [0.25, 0.3) is 0 Å². The van der Waals surface area contributed by atoms with E-state index in [4.69, 9.17) is 0 Å². The summed E-state index contributed by atoms with van der Waals surface area (Å²) in [5.41, 5.74) is -0.770. The van der Waals surface area contributed by atoms with Crippen molar-refractivity contribution in [3.63, 3.8) is 0 Å². The lowest BCUT2D eigenvalue weighted by Gasteiger charge is -2.32. The average molecular weight is 242 g/mol. The van der Waals surface area contributed by atoms with E-state index in [0.29, 0.717) is 6.42 Å². The number of carboxylic acid groups (broad SMARTS) is 1. The van der Waals surface area contributed by atoms with Gasteiger partial charge in [-0.15, -0.1) is 0 Å². The summed E-state index contributed by atoms with van der Waals surface area (Å²) in [6.07, 6.45) is 5.48. The highest BCUT2D eigenvalue weighted by Crippen LogP contribution is 2.14. The normalized spacial score (nSPS) is 21.1. The quantitative estimate of drug-likeness (QED) is 0.713. The predicted molar refractivity (Wildman–Crippen MR) is 69.2 cm³/mol. The third kappa shape index (κ3) is 4.64. The Kier molecular flexibility index (Phi) is 5.92. The van der Waals surface area contributed by atoms with Gasteiger partial charge in [-0.25, -0.2) is 0 Å². The molecule has 0 saturated carbocycles. The smallest absolute Gasteiger partial charge is 0.323 e. The van der Waals surface area contributed by atoms with Gasteiger partial charge in [-0.1, -0.05) is 13.3 Å². The maximum atomic E-state index is 11.3. The summed E-state index contributed by atoms with van der Waals surface area (Å²) >= 11 is 0. The van der Waals surface area contributed by atoms with Gasteiger partial charge in [0.1, 0.15) is 5.54 Å². The number of rotatable bonds is 7. The number of hydrogen-bond acceptors (Lipinski definition) is 3. The van der Waals surface area contributed by atoms with Crippen LogP contribution in [0, 0.1) is 0 Å². The summed E-state index contributed by atoms with van der Waals surface area (Å²) < 4.78 is 0. The number of carboxylic acids is 1. The fourth-order valence-corrected chi connectivity index (χ4v) is 2.24. The zero-order valence-corrected chi connectivity index (χ0v) is 11.2. The molecule has 2 N–H and O–H groups in total. The number of likely N-dealkylation sites (tertiary alicyclic amines) is 1. The molecule has 4 heteroatoms. The number of nitrogens with one attached hydrogen (secondary N) is 1. The molecule has 4 nitrogen and oxygen atoms in total. The lowest BCUT2D eigenvalue weighted by atomic mass is 9.96. The second-order valence-corrected chi connectivity index (χ2v) is 5.22. The molecule has 1 atom stereocenters. The second-order valence-electron chi connectivity index (χ2n) is 5.22. The zero-order chi connectivity index (χ0) is 12.7. The Morgan fingerprint density at radius 3 is 2.53 bits per heavy atom. The van der Waals surface area contributed by atoms with E-state index in [0.717, 1.165) is 32.6 Å². The van der Waals surface area contributed by atoms with Crippen LogP contribution >= 0.6 is 0 Å². The summed E-state index contributed by atoms with van der Waals surface area (Å²) in [6.45, 7) is 7.77. The van der Waals surface area contributed by atoms with Crippen molar-refractivity contribution >= 4 is 5.97 Å². The summed E-state index contributed by atoms with van der Waals surface area (Å²) in [6, 6.07) is 0. The first kappa shape index (κ1) is 14.5. The molecule has 1 rings (SSSR count). The van der Waals surface area contributed by atoms with Crippen molar-refractivity contribution in [2.45, 2.75) is 51.5 Å². The highest BCUT2D eigenvalue weighted by atomic mass is 16.4. The van der Waals surface area contributed by atoms with Crippen LogP contribution in [0.1, 0.15) is 46.0 Å². The largest absolute Gasteiger partial charge is 0.480 e. The van der Waals surface area contributed by atoms with Crippen molar-refractivity contribution < 1.29 is 9.90 Å². The molecule has 0 bridgehead atoms. The van der Waals surface area contributed by atoms with E-state index < -0.39 is 11.5 Å². The van der Waals surface area contributed by atoms with Crippen LogP contribution in [0.4, 0.5) is 0 Å². The molecule has 1 unspecified atom stereocenters. The highest BCUT2D eigenvalue weighted by Gasteiger charge is 2.32. The van der Waals surface area contributed by atoms with Gasteiger partial charge in [0, 0.05) is 6.54 Å². The maximum Gasteiger partial charge on any atom is 0.323 e. The van der Waals surface area contributed by atoms with Crippen LogP contribution in [0.2, 0.25) is 0 Å². The van der Waals surface area contributed by atoms with Gasteiger partial charge >= 0.3 is 5.97 Å². The maximum absolute atomic E-state index is 11.3. The van der Waals surface area contributed by atoms with Crippen molar-refractivity contribution in [3.05, 3.63) is 0 Å². The van der Waals surface area contributed by atoms with E-state index in [9.17, 15) is 9.90 Å². The van der Waals surface area contributed by atoms with Gasteiger partial charge in [-0.2, -0.15) is 0 Å². The van der Waals surface area contributed by atoms with Gasteiger partial charge < -0.3 is 15.3 Å². The molecular formula is C13H26N2O2. The number of hydrogen-bond donors (Lipinski definition) is 2. The first-order valence-corrected chi connectivity index (χ1v) is 6.79. The lowest BCUT2D eigenvalue weighted by Crippen LogP contribution is -2.51. The Bertz CT molecular complexity index is 240. The standard InChI is InChI=1S/C13H26N2O2/c1-3-8-14-13(2,12(16)17)7-11-15-9-5-4-6-10-15/h14H,3-11H2,1-2H3,(H,16,17). The van der Waals surface area contributed by atoms with E-state index in [1.54, 1.807) is 6.92 Å². The first-order chi connectivity index (χ1) is 8.08. The second kappa shape index (κ2) is 6.97. The molecule has 1 aliphatic rings. The van der Waals surface area contributed by atoms with E-state index in [2.05, 4.69) is 17.1 Å². The first-order valence-electron chi connectivity index (χ1n) is 6.79. The molecule has 1 saturated heterocycles. The molecule has 0 radical (unpaired) electrons. The monoisotopic (exact) mass is 242 g/mol. The van der Waals surface area contributed by atoms with Gasteiger partial charge in [0.05, 0.1) is 0 Å². The molecule has 1 fully saturated rings. The fourth-order valence-electron chi connectivity index (χ4n) is 2.24. The number of aliphatic carboxylic acids is 1. The van der Waals surface area contributed by atoms with Gasteiger partial charge in [-0.05, 0) is 52.2 Å². The minimum Gasteiger partial charge on any atom is -0.480 e. The molecular weight excluding hydrogens is 216 g/mol. The fraction of sp³-hybridized carbons (Fsp3) is 0.923. The Labute approximate surface area is 104 Å². The number of piperidine rings is 1. The number of nitrogens with zero attached hydrogens (tertiary/aromatic N) is 1. The third-order valence-electron chi connectivity index (χ3n) is 3.61. The van der Waals surface area contributed by atoms with Crippen molar-refractivity contribution in [1.29, 1.82) is 0 Å².